The predicted octanol–water partition coefficient (Wildman–Crippen LogP) is 14.1. The second-order valence-electron chi connectivity index (χ2n) is 14.4. The highest BCUT2D eigenvalue weighted by Gasteiger charge is 2.42. The second kappa shape index (κ2) is 20.0. The normalized spacial score (nSPS) is 13.3. The standard InChI is InChI=1S/C47H60N2/c1-3-5-7-9-11-13-15-17-31-47(32-18-16-14-12-10-8-6-4-2)45-37-41(21-19-39-27-33-48-34-28-39)23-25-43(45)44-26-24-42(38-46(44)47)22-20-40-29-35-49-36-30-40/h19-30,33-38H,3-18,31-32H2,1-2H3. The van der Waals surface area contributed by atoms with Crippen molar-refractivity contribution in [2.24, 2.45) is 0 Å². The lowest BCUT2D eigenvalue weighted by Crippen LogP contribution is -2.25. The van der Waals surface area contributed by atoms with E-state index in [1.165, 1.54) is 149 Å². The van der Waals surface area contributed by atoms with Crippen molar-refractivity contribution in [3.05, 3.63) is 119 Å². The maximum Gasteiger partial charge on any atom is 0.0273 e. The lowest BCUT2D eigenvalue weighted by Gasteiger charge is -2.33. The van der Waals surface area contributed by atoms with Gasteiger partial charge >= 0.3 is 0 Å². The van der Waals surface area contributed by atoms with Crippen LogP contribution in [0.4, 0.5) is 0 Å². The molecule has 2 aromatic heterocycles. The largest absolute Gasteiger partial charge is 0.265 e. The molecular weight excluding hydrogens is 593 g/mol. The lowest BCUT2D eigenvalue weighted by atomic mass is 9.70. The monoisotopic (exact) mass is 652 g/mol. The Labute approximate surface area is 298 Å². The molecule has 0 radical (unpaired) electrons. The smallest absolute Gasteiger partial charge is 0.0273 e. The van der Waals surface area contributed by atoms with Gasteiger partial charge in [0.05, 0.1) is 0 Å². The lowest BCUT2D eigenvalue weighted by molar-refractivity contribution is 0.397. The Morgan fingerprint density at radius 3 is 1.14 bits per heavy atom. The zero-order chi connectivity index (χ0) is 34.0. The van der Waals surface area contributed by atoms with Gasteiger partial charge in [0.2, 0.25) is 0 Å². The van der Waals surface area contributed by atoms with E-state index >= 15 is 0 Å². The van der Waals surface area contributed by atoms with E-state index in [0.717, 1.165) is 0 Å². The number of hydrogen-bond acceptors (Lipinski definition) is 2. The van der Waals surface area contributed by atoms with Crippen LogP contribution >= 0.6 is 0 Å². The molecular formula is C47H60N2. The van der Waals surface area contributed by atoms with Gasteiger partial charge in [-0.25, -0.2) is 0 Å². The van der Waals surface area contributed by atoms with Crippen LogP contribution in [0.25, 0.3) is 35.4 Å². The van der Waals surface area contributed by atoms with Crippen molar-refractivity contribution in [1.82, 2.24) is 9.97 Å². The molecule has 49 heavy (non-hydrogen) atoms. The molecule has 0 N–H and O–H groups in total. The maximum absolute atomic E-state index is 4.21. The average molecular weight is 653 g/mol. The Kier molecular flexibility index (Phi) is 14.9. The first-order chi connectivity index (χ1) is 24.2. The van der Waals surface area contributed by atoms with Crippen molar-refractivity contribution in [3.63, 3.8) is 0 Å². The molecule has 0 aliphatic heterocycles. The first-order valence-corrected chi connectivity index (χ1v) is 19.7. The molecule has 0 atom stereocenters. The summed E-state index contributed by atoms with van der Waals surface area (Å²) >= 11 is 0. The number of hydrogen-bond donors (Lipinski definition) is 0. The van der Waals surface area contributed by atoms with Crippen molar-refractivity contribution in [1.29, 1.82) is 0 Å². The van der Waals surface area contributed by atoms with E-state index in [1.54, 1.807) is 11.1 Å². The molecule has 0 saturated carbocycles. The number of unbranched alkanes of at least 4 members (excludes halogenated alkanes) is 14. The first-order valence-electron chi connectivity index (χ1n) is 19.7. The third-order valence-corrected chi connectivity index (χ3v) is 10.7. The molecule has 2 heteroatoms. The third kappa shape index (κ3) is 10.6. The number of pyridine rings is 2. The minimum atomic E-state index is 0.0517. The van der Waals surface area contributed by atoms with Gasteiger partial charge < -0.3 is 0 Å². The van der Waals surface area contributed by atoms with Crippen molar-refractivity contribution in [3.8, 4) is 11.1 Å². The van der Waals surface area contributed by atoms with E-state index in [-0.39, 0.29) is 5.41 Å². The summed E-state index contributed by atoms with van der Waals surface area (Å²) in [5.74, 6) is 0. The molecule has 0 amide bonds. The molecule has 0 saturated heterocycles. The maximum atomic E-state index is 4.21. The van der Waals surface area contributed by atoms with Crippen molar-refractivity contribution in [2.75, 3.05) is 0 Å². The summed E-state index contributed by atoms with van der Waals surface area (Å²) in [5, 5.41) is 0. The van der Waals surface area contributed by atoms with Crippen LogP contribution in [-0.4, -0.2) is 9.97 Å². The van der Waals surface area contributed by atoms with Gasteiger partial charge in [0, 0.05) is 30.2 Å². The highest BCUT2D eigenvalue weighted by atomic mass is 14.6. The van der Waals surface area contributed by atoms with E-state index < -0.39 is 0 Å². The molecule has 2 aromatic carbocycles. The highest BCUT2D eigenvalue weighted by molar-refractivity contribution is 5.85. The molecule has 0 fully saturated rings. The molecule has 0 unspecified atom stereocenters. The molecule has 1 aliphatic carbocycles. The fourth-order valence-corrected chi connectivity index (χ4v) is 7.86. The molecule has 4 aromatic rings. The Bertz CT molecular complexity index is 1460. The van der Waals surface area contributed by atoms with Gasteiger partial charge in [-0.2, -0.15) is 0 Å². The molecule has 258 valence electrons. The van der Waals surface area contributed by atoms with Crippen LogP contribution in [0.1, 0.15) is 163 Å². The summed E-state index contributed by atoms with van der Waals surface area (Å²) in [6.45, 7) is 4.62. The Morgan fingerprint density at radius 1 is 0.408 bits per heavy atom. The molecule has 1 aliphatic rings. The van der Waals surface area contributed by atoms with E-state index in [1.807, 2.05) is 24.8 Å². The molecule has 0 spiro atoms. The Morgan fingerprint density at radius 2 is 0.755 bits per heavy atom. The summed E-state index contributed by atoms with van der Waals surface area (Å²) < 4.78 is 0. The quantitative estimate of drug-likeness (QED) is 0.0790. The van der Waals surface area contributed by atoms with Gasteiger partial charge in [-0.1, -0.05) is 177 Å². The highest BCUT2D eigenvalue weighted by Crippen LogP contribution is 2.55. The van der Waals surface area contributed by atoms with Gasteiger partial charge in [-0.15, -0.1) is 0 Å². The van der Waals surface area contributed by atoms with Crippen LogP contribution in [-0.2, 0) is 5.41 Å². The molecule has 2 nitrogen and oxygen atoms in total. The van der Waals surface area contributed by atoms with Crippen LogP contribution in [0.2, 0.25) is 0 Å². The number of aromatic nitrogens is 2. The van der Waals surface area contributed by atoms with Crippen LogP contribution < -0.4 is 0 Å². The Hall–Kier alpha value is -3.78. The van der Waals surface area contributed by atoms with Crippen LogP contribution in [0.15, 0.2) is 85.5 Å². The predicted molar refractivity (Wildman–Crippen MR) is 213 cm³/mol. The van der Waals surface area contributed by atoms with E-state index in [4.69, 9.17) is 0 Å². The second-order valence-corrected chi connectivity index (χ2v) is 14.4. The SMILES string of the molecule is CCCCCCCCCCC1(CCCCCCCCCC)c2cc(C=Cc3ccncc3)ccc2-c2ccc(C=Cc3ccncc3)cc21. The fraction of sp³-hybridized carbons (Fsp3) is 0.447. The first kappa shape index (κ1) is 36.5. The fourth-order valence-electron chi connectivity index (χ4n) is 7.86. The van der Waals surface area contributed by atoms with E-state index in [9.17, 15) is 0 Å². The number of benzene rings is 2. The van der Waals surface area contributed by atoms with Gasteiger partial charge in [0.15, 0.2) is 0 Å². The van der Waals surface area contributed by atoms with Gasteiger partial charge in [-0.3, -0.25) is 9.97 Å². The number of nitrogens with zero attached hydrogens (tertiary/aromatic N) is 2. The van der Waals surface area contributed by atoms with Gasteiger partial charge in [0.25, 0.3) is 0 Å². The molecule has 2 heterocycles. The zero-order valence-corrected chi connectivity index (χ0v) is 30.5. The average Bonchev–Trinajstić information content (AvgIpc) is 3.41. The van der Waals surface area contributed by atoms with Crippen molar-refractivity contribution < 1.29 is 0 Å². The van der Waals surface area contributed by atoms with Crippen LogP contribution in [0, 0.1) is 0 Å². The molecule has 5 rings (SSSR count). The summed E-state index contributed by atoms with van der Waals surface area (Å²) in [6.07, 6.45) is 40.7. The number of rotatable bonds is 22. The van der Waals surface area contributed by atoms with E-state index in [2.05, 4.69) is 109 Å². The summed E-state index contributed by atoms with van der Waals surface area (Å²) in [6, 6.07) is 22.9. The van der Waals surface area contributed by atoms with Gasteiger partial charge in [0.1, 0.15) is 0 Å². The zero-order valence-electron chi connectivity index (χ0n) is 30.5. The van der Waals surface area contributed by atoms with E-state index in [0.29, 0.717) is 0 Å². The summed E-state index contributed by atoms with van der Waals surface area (Å²) in [4.78, 5) is 8.41. The summed E-state index contributed by atoms with van der Waals surface area (Å²) in [5.41, 5.74) is 11.0. The summed E-state index contributed by atoms with van der Waals surface area (Å²) in [7, 11) is 0. The van der Waals surface area contributed by atoms with Crippen LogP contribution in [0.5, 0.6) is 0 Å². The Balaban J connectivity index is 1.44. The topological polar surface area (TPSA) is 25.8 Å². The van der Waals surface area contributed by atoms with Crippen LogP contribution in [0.3, 0.4) is 0 Å². The minimum Gasteiger partial charge on any atom is -0.265 e. The third-order valence-electron chi connectivity index (χ3n) is 10.7. The van der Waals surface area contributed by atoms with Crippen molar-refractivity contribution in [2.45, 2.75) is 135 Å². The van der Waals surface area contributed by atoms with Crippen molar-refractivity contribution >= 4 is 24.3 Å². The number of fused-ring (bicyclic) bond motifs is 3. The van der Waals surface area contributed by atoms with Gasteiger partial charge in [-0.05, 0) is 81.6 Å². The molecule has 0 bridgehead atoms. The minimum absolute atomic E-state index is 0.0517.